The maximum Gasteiger partial charge on any atom is 0.264 e. The fourth-order valence-corrected chi connectivity index (χ4v) is 5.18. The molecule has 1 heterocycles. The molecule has 0 saturated heterocycles. The van der Waals surface area contributed by atoms with Gasteiger partial charge in [0.1, 0.15) is 11.5 Å². The van der Waals surface area contributed by atoms with E-state index in [0.29, 0.717) is 6.04 Å². The van der Waals surface area contributed by atoms with Crippen LogP contribution in [-0.2, 0) is 0 Å². The number of nitrogens with zero attached hydrogens (tertiary/aromatic N) is 1. The highest BCUT2D eigenvalue weighted by Crippen LogP contribution is 2.33. The van der Waals surface area contributed by atoms with Gasteiger partial charge in [-0.1, -0.05) is 37.5 Å². The largest absolute Gasteiger partial charge is 0.457 e. The smallest absolute Gasteiger partial charge is 0.264 e. The van der Waals surface area contributed by atoms with Crippen molar-refractivity contribution in [3.8, 4) is 21.9 Å². The number of amides is 1. The molecule has 0 atom stereocenters. The number of hydrogen-bond acceptors (Lipinski definition) is 3. The molecule has 4 rings (SSSR count). The minimum atomic E-state index is 0.178. The van der Waals surface area contributed by atoms with Crippen LogP contribution in [0.5, 0.6) is 11.5 Å². The van der Waals surface area contributed by atoms with E-state index >= 15 is 0 Å². The van der Waals surface area contributed by atoms with Crippen LogP contribution < -0.4 is 4.74 Å². The highest BCUT2D eigenvalue weighted by Gasteiger charge is 2.29. The van der Waals surface area contributed by atoms with Crippen molar-refractivity contribution >= 4 is 17.2 Å². The van der Waals surface area contributed by atoms with Crippen molar-refractivity contribution in [3.63, 3.8) is 0 Å². The quantitative estimate of drug-likeness (QED) is 0.417. The molecular weight excluding hydrogens is 390 g/mol. The van der Waals surface area contributed by atoms with Gasteiger partial charge in [-0.3, -0.25) is 4.79 Å². The van der Waals surface area contributed by atoms with Crippen LogP contribution in [0.25, 0.3) is 10.4 Å². The molecule has 4 heteroatoms. The molecule has 0 N–H and O–H groups in total. The number of rotatable bonds is 6. The molecule has 0 radical (unpaired) electrons. The SMILES string of the molecule is CC(C)N(C(=O)c1ccc(-c2ccc(Oc3ccccc3)cc2)s1)C1CCCCC1. The number of benzene rings is 2. The van der Waals surface area contributed by atoms with E-state index in [1.54, 1.807) is 11.3 Å². The Morgan fingerprint density at radius 2 is 1.57 bits per heavy atom. The highest BCUT2D eigenvalue weighted by atomic mass is 32.1. The molecule has 1 saturated carbocycles. The van der Waals surface area contributed by atoms with Crippen LogP contribution in [0.4, 0.5) is 0 Å². The average Bonchev–Trinajstić information content (AvgIpc) is 3.26. The molecule has 1 fully saturated rings. The molecule has 0 unspecified atom stereocenters. The molecule has 1 aliphatic carbocycles. The second kappa shape index (κ2) is 9.48. The van der Waals surface area contributed by atoms with Gasteiger partial charge < -0.3 is 9.64 Å². The predicted molar refractivity (Wildman–Crippen MR) is 124 cm³/mol. The van der Waals surface area contributed by atoms with Crippen LogP contribution in [0, 0.1) is 0 Å². The number of para-hydroxylation sites is 1. The van der Waals surface area contributed by atoms with Crippen LogP contribution in [0.15, 0.2) is 66.7 Å². The van der Waals surface area contributed by atoms with Crippen molar-refractivity contribution in [2.45, 2.75) is 58.0 Å². The van der Waals surface area contributed by atoms with Crippen molar-refractivity contribution in [2.24, 2.45) is 0 Å². The zero-order chi connectivity index (χ0) is 20.9. The van der Waals surface area contributed by atoms with E-state index in [4.69, 9.17) is 4.74 Å². The van der Waals surface area contributed by atoms with Crippen molar-refractivity contribution in [3.05, 3.63) is 71.6 Å². The summed E-state index contributed by atoms with van der Waals surface area (Å²) in [4.78, 5) is 17.4. The third-order valence-corrected chi connectivity index (χ3v) is 6.82. The summed E-state index contributed by atoms with van der Waals surface area (Å²) in [5, 5.41) is 0. The van der Waals surface area contributed by atoms with E-state index in [-0.39, 0.29) is 11.9 Å². The van der Waals surface area contributed by atoms with Gasteiger partial charge in [-0.15, -0.1) is 11.3 Å². The first-order chi connectivity index (χ1) is 14.6. The Hall–Kier alpha value is -2.59. The van der Waals surface area contributed by atoms with Crippen LogP contribution in [-0.4, -0.2) is 22.9 Å². The number of carbonyl (C=O) groups is 1. The molecule has 1 aromatic heterocycles. The monoisotopic (exact) mass is 419 g/mol. The van der Waals surface area contributed by atoms with Crippen molar-refractivity contribution in [2.75, 3.05) is 0 Å². The molecule has 156 valence electrons. The third-order valence-electron chi connectivity index (χ3n) is 5.69. The van der Waals surface area contributed by atoms with Crippen molar-refractivity contribution < 1.29 is 9.53 Å². The van der Waals surface area contributed by atoms with Gasteiger partial charge in [-0.25, -0.2) is 0 Å². The topological polar surface area (TPSA) is 29.5 Å². The predicted octanol–water partition coefficient (Wildman–Crippen LogP) is 7.39. The van der Waals surface area contributed by atoms with E-state index in [1.807, 2.05) is 48.5 Å². The summed E-state index contributed by atoms with van der Waals surface area (Å²) >= 11 is 1.58. The summed E-state index contributed by atoms with van der Waals surface area (Å²) in [6.07, 6.45) is 6.02. The van der Waals surface area contributed by atoms with Gasteiger partial charge in [0.05, 0.1) is 4.88 Å². The minimum Gasteiger partial charge on any atom is -0.457 e. The molecule has 0 bridgehead atoms. The molecule has 30 heavy (non-hydrogen) atoms. The second-order valence-corrected chi connectivity index (χ2v) is 9.29. The van der Waals surface area contributed by atoms with Crippen LogP contribution in [0.1, 0.15) is 55.6 Å². The lowest BCUT2D eigenvalue weighted by molar-refractivity contribution is 0.0560. The van der Waals surface area contributed by atoms with E-state index < -0.39 is 0 Å². The molecule has 3 aromatic rings. The van der Waals surface area contributed by atoms with E-state index in [0.717, 1.165) is 39.7 Å². The average molecular weight is 420 g/mol. The van der Waals surface area contributed by atoms with Crippen LogP contribution in [0.3, 0.4) is 0 Å². The fraction of sp³-hybridized carbons (Fsp3) is 0.346. The van der Waals surface area contributed by atoms with E-state index in [9.17, 15) is 4.79 Å². The zero-order valence-corrected chi connectivity index (χ0v) is 18.5. The van der Waals surface area contributed by atoms with Gasteiger partial charge in [-0.05, 0) is 80.8 Å². The first kappa shape index (κ1) is 20.7. The molecule has 0 aliphatic heterocycles. The summed E-state index contributed by atoms with van der Waals surface area (Å²) < 4.78 is 5.88. The summed E-state index contributed by atoms with van der Waals surface area (Å²) in [6.45, 7) is 4.26. The second-order valence-electron chi connectivity index (χ2n) is 8.20. The normalized spacial score (nSPS) is 14.6. The summed E-state index contributed by atoms with van der Waals surface area (Å²) in [6, 6.07) is 22.5. The van der Waals surface area contributed by atoms with Gasteiger partial charge in [0.15, 0.2) is 0 Å². The Labute approximate surface area is 183 Å². The zero-order valence-electron chi connectivity index (χ0n) is 17.7. The Bertz CT molecular complexity index is 956. The number of ether oxygens (including phenoxy) is 1. The molecule has 3 nitrogen and oxygen atoms in total. The van der Waals surface area contributed by atoms with E-state index in [2.05, 4.69) is 36.9 Å². The van der Waals surface area contributed by atoms with Crippen LogP contribution >= 0.6 is 11.3 Å². The first-order valence-electron chi connectivity index (χ1n) is 10.9. The first-order valence-corrected chi connectivity index (χ1v) is 11.7. The van der Waals surface area contributed by atoms with Crippen LogP contribution in [0.2, 0.25) is 0 Å². The van der Waals surface area contributed by atoms with Gasteiger partial charge in [0.2, 0.25) is 0 Å². The number of carbonyl (C=O) groups excluding carboxylic acids is 1. The lowest BCUT2D eigenvalue weighted by Gasteiger charge is -2.37. The molecule has 1 aliphatic rings. The summed E-state index contributed by atoms with van der Waals surface area (Å²) in [5.41, 5.74) is 1.10. The maximum atomic E-state index is 13.3. The van der Waals surface area contributed by atoms with Gasteiger partial charge >= 0.3 is 0 Å². The lowest BCUT2D eigenvalue weighted by Crippen LogP contribution is -2.45. The Kier molecular flexibility index (Phi) is 6.53. The Balaban J connectivity index is 1.48. The standard InChI is InChI=1S/C26H29NO2S/c1-19(2)27(21-9-5-3-6-10-21)26(28)25-18-17-24(30-25)20-13-15-23(16-14-20)29-22-11-7-4-8-12-22/h4,7-8,11-19,21H,3,5-6,9-10H2,1-2H3. The van der Waals surface area contributed by atoms with Gasteiger partial charge in [0, 0.05) is 17.0 Å². The Morgan fingerprint density at radius 1 is 0.900 bits per heavy atom. The molecule has 2 aromatic carbocycles. The van der Waals surface area contributed by atoms with Crippen molar-refractivity contribution in [1.29, 1.82) is 0 Å². The molecule has 1 amide bonds. The maximum absolute atomic E-state index is 13.3. The molecule has 0 spiro atoms. The van der Waals surface area contributed by atoms with E-state index in [1.165, 1.54) is 19.3 Å². The number of hydrogen-bond donors (Lipinski definition) is 0. The fourth-order valence-electron chi connectivity index (χ4n) is 4.23. The van der Waals surface area contributed by atoms with Gasteiger partial charge in [-0.2, -0.15) is 0 Å². The lowest BCUT2D eigenvalue weighted by atomic mass is 9.93. The van der Waals surface area contributed by atoms with Crippen molar-refractivity contribution in [1.82, 2.24) is 4.90 Å². The Morgan fingerprint density at radius 3 is 2.23 bits per heavy atom. The highest BCUT2D eigenvalue weighted by molar-refractivity contribution is 7.17. The molecular formula is C26H29NO2S. The third kappa shape index (κ3) is 4.76. The van der Waals surface area contributed by atoms with Gasteiger partial charge in [0.25, 0.3) is 5.91 Å². The summed E-state index contributed by atoms with van der Waals surface area (Å²) in [5.74, 6) is 1.81. The minimum absolute atomic E-state index is 0.178. The number of thiophene rings is 1. The summed E-state index contributed by atoms with van der Waals surface area (Å²) in [7, 11) is 0.